The van der Waals surface area contributed by atoms with E-state index in [1.165, 1.54) is 0 Å². The minimum absolute atomic E-state index is 0.308. The fourth-order valence-electron chi connectivity index (χ4n) is 1.00. The smallest absolute Gasteiger partial charge is 0.231 e. The lowest BCUT2D eigenvalue weighted by atomic mass is 10.3. The summed E-state index contributed by atoms with van der Waals surface area (Å²) in [7, 11) is 1.62. The van der Waals surface area contributed by atoms with Crippen molar-refractivity contribution in [1.82, 2.24) is 0 Å². The normalized spacial score (nSPS) is 11.5. The summed E-state index contributed by atoms with van der Waals surface area (Å²) in [6.07, 6.45) is 0. The van der Waals surface area contributed by atoms with Gasteiger partial charge in [0.1, 0.15) is 12.5 Å². The van der Waals surface area contributed by atoms with Gasteiger partial charge in [0.25, 0.3) is 0 Å². The molecule has 13 heavy (non-hydrogen) atoms. The van der Waals surface area contributed by atoms with Gasteiger partial charge in [0.05, 0.1) is 7.11 Å². The van der Waals surface area contributed by atoms with Gasteiger partial charge in [-0.3, -0.25) is 0 Å². The molecule has 0 saturated heterocycles. The van der Waals surface area contributed by atoms with Gasteiger partial charge in [0.15, 0.2) is 11.5 Å². The van der Waals surface area contributed by atoms with Gasteiger partial charge in [-0.1, -0.05) is 0 Å². The van der Waals surface area contributed by atoms with Crippen LogP contribution in [-0.2, 0) is 4.79 Å². The third-order valence-electron chi connectivity index (χ3n) is 1.58. The van der Waals surface area contributed by atoms with Crippen LogP contribution in [0.2, 0.25) is 0 Å². The SMILES string of the molecule is C=O.COc1ccc2c(c1)OCO2. The maximum atomic E-state index is 8.00. The molecule has 0 N–H and O–H groups in total. The number of hydrogen-bond donors (Lipinski definition) is 0. The molecule has 0 amide bonds. The first-order valence-corrected chi connectivity index (χ1v) is 3.62. The first-order valence-electron chi connectivity index (χ1n) is 3.62. The highest BCUT2D eigenvalue weighted by molar-refractivity contribution is 5.46. The predicted molar refractivity (Wildman–Crippen MR) is 46.2 cm³/mol. The molecule has 4 nitrogen and oxygen atoms in total. The van der Waals surface area contributed by atoms with Crippen molar-refractivity contribution >= 4 is 6.79 Å². The summed E-state index contributed by atoms with van der Waals surface area (Å²) < 4.78 is 15.3. The molecule has 0 fully saturated rings. The molecule has 70 valence electrons. The van der Waals surface area contributed by atoms with Crippen LogP contribution in [0.25, 0.3) is 0 Å². The third-order valence-corrected chi connectivity index (χ3v) is 1.58. The van der Waals surface area contributed by atoms with Crippen LogP contribution >= 0.6 is 0 Å². The second kappa shape index (κ2) is 4.35. The summed E-state index contributed by atoms with van der Waals surface area (Å²) in [6.45, 7) is 2.31. The van der Waals surface area contributed by atoms with Crippen LogP contribution in [0, 0.1) is 0 Å². The van der Waals surface area contributed by atoms with Crippen LogP contribution in [0.1, 0.15) is 0 Å². The van der Waals surface area contributed by atoms with Crippen LogP contribution in [-0.4, -0.2) is 20.7 Å². The summed E-state index contributed by atoms with van der Waals surface area (Å²) in [5.74, 6) is 2.32. The summed E-state index contributed by atoms with van der Waals surface area (Å²) in [5.41, 5.74) is 0. The number of carbonyl (C=O) groups excluding carboxylic acids is 1. The molecule has 0 unspecified atom stereocenters. The zero-order valence-electron chi connectivity index (χ0n) is 7.28. The number of hydrogen-bond acceptors (Lipinski definition) is 4. The van der Waals surface area contributed by atoms with Gasteiger partial charge in [-0.2, -0.15) is 0 Å². The average molecular weight is 182 g/mol. The maximum absolute atomic E-state index is 8.00. The van der Waals surface area contributed by atoms with E-state index in [2.05, 4.69) is 0 Å². The number of benzene rings is 1. The van der Waals surface area contributed by atoms with Crippen LogP contribution in [0.4, 0.5) is 0 Å². The Morgan fingerprint density at radius 3 is 2.69 bits per heavy atom. The molecule has 2 rings (SSSR count). The largest absolute Gasteiger partial charge is 0.497 e. The zero-order chi connectivity index (χ0) is 9.68. The Morgan fingerprint density at radius 1 is 1.31 bits per heavy atom. The summed E-state index contributed by atoms with van der Waals surface area (Å²) in [4.78, 5) is 8.00. The number of carbonyl (C=O) groups is 1. The fraction of sp³-hybridized carbons (Fsp3) is 0.222. The molecule has 4 heteroatoms. The fourth-order valence-corrected chi connectivity index (χ4v) is 1.00. The number of ether oxygens (including phenoxy) is 3. The highest BCUT2D eigenvalue weighted by Crippen LogP contribution is 2.34. The first-order chi connectivity index (χ1) is 6.40. The van der Waals surface area contributed by atoms with Crippen LogP contribution in [0.15, 0.2) is 18.2 Å². The van der Waals surface area contributed by atoms with Crippen molar-refractivity contribution in [1.29, 1.82) is 0 Å². The Kier molecular flexibility index (Phi) is 3.14. The lowest BCUT2D eigenvalue weighted by molar-refractivity contribution is -0.0979. The van der Waals surface area contributed by atoms with Crippen LogP contribution in [0.3, 0.4) is 0 Å². The van der Waals surface area contributed by atoms with E-state index in [0.29, 0.717) is 6.79 Å². The van der Waals surface area contributed by atoms with Crippen molar-refractivity contribution in [2.75, 3.05) is 13.9 Å². The Labute approximate surface area is 76.0 Å². The molecule has 0 bridgehead atoms. The first kappa shape index (κ1) is 9.38. The monoisotopic (exact) mass is 182 g/mol. The molecule has 0 atom stereocenters. The van der Waals surface area contributed by atoms with E-state index in [-0.39, 0.29) is 0 Å². The van der Waals surface area contributed by atoms with Gasteiger partial charge in [-0.15, -0.1) is 0 Å². The number of methoxy groups -OCH3 is 1. The van der Waals surface area contributed by atoms with E-state index in [1.54, 1.807) is 7.11 Å². The van der Waals surface area contributed by atoms with Gasteiger partial charge >= 0.3 is 0 Å². The Morgan fingerprint density at radius 2 is 2.00 bits per heavy atom. The van der Waals surface area contributed by atoms with Crippen LogP contribution < -0.4 is 14.2 Å². The highest BCUT2D eigenvalue weighted by Gasteiger charge is 2.12. The summed E-state index contributed by atoms with van der Waals surface area (Å²) in [6, 6.07) is 5.48. The minimum Gasteiger partial charge on any atom is -0.497 e. The van der Waals surface area contributed by atoms with Gasteiger partial charge in [-0.25, -0.2) is 0 Å². The Bertz CT molecular complexity index is 285. The third kappa shape index (κ3) is 1.90. The van der Waals surface area contributed by atoms with Crippen molar-refractivity contribution in [2.45, 2.75) is 0 Å². The van der Waals surface area contributed by atoms with E-state index in [0.717, 1.165) is 17.2 Å². The molecule has 1 aliphatic rings. The second-order valence-corrected chi connectivity index (χ2v) is 2.22. The number of fused-ring (bicyclic) bond motifs is 1. The van der Waals surface area contributed by atoms with Gasteiger partial charge < -0.3 is 19.0 Å². The zero-order valence-corrected chi connectivity index (χ0v) is 7.28. The molecule has 0 aromatic heterocycles. The molecule has 1 aliphatic heterocycles. The van der Waals surface area contributed by atoms with Gasteiger partial charge in [0, 0.05) is 6.07 Å². The second-order valence-electron chi connectivity index (χ2n) is 2.22. The minimum atomic E-state index is 0.308. The molecule has 0 spiro atoms. The van der Waals surface area contributed by atoms with Gasteiger partial charge in [0.2, 0.25) is 6.79 Å². The summed E-state index contributed by atoms with van der Waals surface area (Å²) in [5, 5.41) is 0. The maximum Gasteiger partial charge on any atom is 0.231 e. The van der Waals surface area contributed by atoms with Crippen molar-refractivity contribution < 1.29 is 19.0 Å². The van der Waals surface area contributed by atoms with E-state index in [1.807, 2.05) is 25.0 Å². The molecule has 1 aromatic carbocycles. The van der Waals surface area contributed by atoms with Gasteiger partial charge in [-0.05, 0) is 12.1 Å². The lowest BCUT2D eigenvalue weighted by Crippen LogP contribution is -1.92. The molecular weight excluding hydrogens is 172 g/mol. The van der Waals surface area contributed by atoms with Crippen molar-refractivity contribution in [3.05, 3.63) is 18.2 Å². The highest BCUT2D eigenvalue weighted by atomic mass is 16.7. The lowest BCUT2D eigenvalue weighted by Gasteiger charge is -1.99. The Balaban J connectivity index is 0.000000396. The van der Waals surface area contributed by atoms with Crippen molar-refractivity contribution in [3.8, 4) is 17.2 Å². The van der Waals surface area contributed by atoms with Crippen molar-refractivity contribution in [3.63, 3.8) is 0 Å². The predicted octanol–water partition coefficient (Wildman–Crippen LogP) is 1.24. The quantitative estimate of drug-likeness (QED) is 0.655. The standard InChI is InChI=1S/C8H8O3.CH2O/c1-9-6-2-3-7-8(4-6)11-5-10-7;1-2/h2-4H,5H2,1H3;1H2. The molecule has 0 radical (unpaired) electrons. The van der Waals surface area contributed by atoms with E-state index >= 15 is 0 Å². The molecular formula is C9H10O4. The van der Waals surface area contributed by atoms with E-state index in [9.17, 15) is 0 Å². The molecule has 1 aromatic rings. The van der Waals surface area contributed by atoms with Crippen molar-refractivity contribution in [2.24, 2.45) is 0 Å². The van der Waals surface area contributed by atoms with Crippen LogP contribution in [0.5, 0.6) is 17.2 Å². The Hall–Kier alpha value is -1.71. The molecule has 0 aliphatic carbocycles. The topological polar surface area (TPSA) is 44.8 Å². The number of rotatable bonds is 1. The average Bonchev–Trinajstić information content (AvgIpc) is 2.67. The summed E-state index contributed by atoms with van der Waals surface area (Å²) >= 11 is 0. The van der Waals surface area contributed by atoms with E-state index in [4.69, 9.17) is 19.0 Å². The molecule has 0 saturated carbocycles. The molecule has 1 heterocycles. The van der Waals surface area contributed by atoms with E-state index < -0.39 is 0 Å².